The highest BCUT2D eigenvalue weighted by atomic mass is 35.5. The number of hydrogen-bond donors (Lipinski definition) is 1. The molecule has 0 fully saturated rings. The molecule has 1 rings (SSSR count). The summed E-state index contributed by atoms with van der Waals surface area (Å²) in [5.74, 6) is 0. The van der Waals surface area contributed by atoms with Gasteiger partial charge in [-0.05, 0) is 18.1 Å². The highest BCUT2D eigenvalue weighted by Gasteiger charge is 2.09. The van der Waals surface area contributed by atoms with E-state index in [1.807, 2.05) is 18.2 Å². The summed E-state index contributed by atoms with van der Waals surface area (Å²) in [6, 6.07) is 7.40. The molecule has 0 radical (unpaired) electrons. The lowest BCUT2D eigenvalue weighted by atomic mass is 10.1. The second-order valence-corrected chi connectivity index (χ2v) is 3.44. The zero-order valence-corrected chi connectivity index (χ0v) is 8.02. The third-order valence-corrected chi connectivity index (χ3v) is 2.42. The van der Waals surface area contributed by atoms with Crippen LogP contribution < -0.4 is 0 Å². The predicted molar refractivity (Wildman–Crippen MR) is 51.7 cm³/mol. The normalized spacial score (nSPS) is 12.9. The van der Waals surface area contributed by atoms with E-state index in [1.165, 1.54) is 0 Å². The van der Waals surface area contributed by atoms with Crippen molar-refractivity contribution in [3.05, 3.63) is 34.9 Å². The molecule has 0 amide bonds. The molecular weight excluding hydrogens is 195 g/mol. The van der Waals surface area contributed by atoms with Crippen LogP contribution in [0.5, 0.6) is 0 Å². The molecule has 0 bridgehead atoms. The summed E-state index contributed by atoms with van der Waals surface area (Å²) >= 11 is 11.9. The Kier molecular flexibility index (Phi) is 3.86. The molecule has 1 unspecified atom stereocenters. The van der Waals surface area contributed by atoms with Gasteiger partial charge >= 0.3 is 0 Å². The zero-order valence-electron chi connectivity index (χ0n) is 6.50. The first-order valence-corrected chi connectivity index (χ1v) is 4.56. The maximum Gasteiger partial charge on any atom is 0.0621 e. The standard InChI is InChI=1S/C9H10Cl2O/c10-8-4-2-1-3-7(8)9(11)5-6-12/h1-4,9,12H,5-6H2. The van der Waals surface area contributed by atoms with Gasteiger partial charge in [0.2, 0.25) is 0 Å². The lowest BCUT2D eigenvalue weighted by Gasteiger charge is -2.08. The summed E-state index contributed by atoms with van der Waals surface area (Å²) in [6.45, 7) is 0.0827. The maximum absolute atomic E-state index is 8.66. The molecule has 3 heteroatoms. The van der Waals surface area contributed by atoms with E-state index in [-0.39, 0.29) is 12.0 Å². The van der Waals surface area contributed by atoms with Crippen LogP contribution in [0.3, 0.4) is 0 Å². The topological polar surface area (TPSA) is 20.2 Å². The Balaban J connectivity index is 2.79. The first kappa shape index (κ1) is 9.85. The molecule has 0 heterocycles. The Hall–Kier alpha value is -0.240. The van der Waals surface area contributed by atoms with Gasteiger partial charge in [0.1, 0.15) is 0 Å². The highest BCUT2D eigenvalue weighted by Crippen LogP contribution is 2.29. The summed E-state index contributed by atoms with van der Waals surface area (Å²) in [4.78, 5) is 0. The fourth-order valence-corrected chi connectivity index (χ4v) is 1.61. The van der Waals surface area contributed by atoms with Crippen LogP contribution in [0.4, 0.5) is 0 Å². The van der Waals surface area contributed by atoms with Crippen LogP contribution in [0, 0.1) is 0 Å². The second-order valence-electron chi connectivity index (χ2n) is 2.50. The lowest BCUT2D eigenvalue weighted by Crippen LogP contribution is -1.94. The number of aliphatic hydroxyl groups excluding tert-OH is 1. The van der Waals surface area contributed by atoms with Crippen molar-refractivity contribution in [1.29, 1.82) is 0 Å². The molecule has 0 saturated heterocycles. The van der Waals surface area contributed by atoms with E-state index in [9.17, 15) is 0 Å². The van der Waals surface area contributed by atoms with Crippen molar-refractivity contribution >= 4 is 23.2 Å². The zero-order chi connectivity index (χ0) is 8.97. The van der Waals surface area contributed by atoms with Crippen LogP contribution in [-0.2, 0) is 0 Å². The van der Waals surface area contributed by atoms with Gasteiger partial charge in [-0.15, -0.1) is 11.6 Å². The van der Waals surface area contributed by atoms with E-state index in [2.05, 4.69) is 0 Å². The third-order valence-electron chi connectivity index (χ3n) is 1.63. The van der Waals surface area contributed by atoms with Crippen LogP contribution in [0.25, 0.3) is 0 Å². The van der Waals surface area contributed by atoms with Gasteiger partial charge in [0, 0.05) is 11.6 Å². The first-order valence-electron chi connectivity index (χ1n) is 3.75. The van der Waals surface area contributed by atoms with Crippen molar-refractivity contribution in [3.63, 3.8) is 0 Å². The van der Waals surface area contributed by atoms with E-state index >= 15 is 0 Å². The molecular formula is C9H10Cl2O. The molecule has 1 aromatic carbocycles. The largest absolute Gasteiger partial charge is 0.396 e. The number of halogens is 2. The molecule has 0 spiro atoms. The molecule has 12 heavy (non-hydrogen) atoms. The summed E-state index contributed by atoms with van der Waals surface area (Å²) in [7, 11) is 0. The molecule has 0 aromatic heterocycles. The van der Waals surface area contributed by atoms with Gasteiger partial charge in [-0.1, -0.05) is 29.8 Å². The summed E-state index contributed by atoms with van der Waals surface area (Å²) in [5.41, 5.74) is 0.884. The Bertz CT molecular complexity index is 250. The lowest BCUT2D eigenvalue weighted by molar-refractivity contribution is 0.286. The van der Waals surface area contributed by atoms with Gasteiger partial charge < -0.3 is 5.11 Å². The second kappa shape index (κ2) is 4.70. The van der Waals surface area contributed by atoms with Crippen molar-refractivity contribution in [2.75, 3.05) is 6.61 Å². The SMILES string of the molecule is OCCC(Cl)c1ccccc1Cl. The summed E-state index contributed by atoms with van der Waals surface area (Å²) in [5, 5.41) is 9.13. The minimum atomic E-state index is -0.191. The summed E-state index contributed by atoms with van der Waals surface area (Å²) in [6.07, 6.45) is 0.533. The molecule has 66 valence electrons. The predicted octanol–water partition coefficient (Wildman–Crippen LogP) is 3.00. The highest BCUT2D eigenvalue weighted by molar-refractivity contribution is 6.32. The van der Waals surface area contributed by atoms with Crippen molar-refractivity contribution < 1.29 is 5.11 Å². The fraction of sp³-hybridized carbons (Fsp3) is 0.333. The Morgan fingerprint density at radius 1 is 1.33 bits per heavy atom. The van der Waals surface area contributed by atoms with Gasteiger partial charge in [0.25, 0.3) is 0 Å². The molecule has 0 saturated carbocycles. The van der Waals surface area contributed by atoms with Crippen molar-refractivity contribution in [2.45, 2.75) is 11.8 Å². The van der Waals surface area contributed by atoms with E-state index in [0.29, 0.717) is 11.4 Å². The fourth-order valence-electron chi connectivity index (χ4n) is 0.998. The van der Waals surface area contributed by atoms with E-state index in [0.717, 1.165) is 5.56 Å². The smallest absolute Gasteiger partial charge is 0.0621 e. The molecule has 1 aromatic rings. The van der Waals surface area contributed by atoms with E-state index in [1.54, 1.807) is 6.07 Å². The molecule has 1 N–H and O–H groups in total. The molecule has 0 aliphatic rings. The van der Waals surface area contributed by atoms with Crippen LogP contribution in [-0.4, -0.2) is 11.7 Å². The Morgan fingerprint density at radius 2 is 2.00 bits per heavy atom. The molecule has 1 nitrogen and oxygen atoms in total. The maximum atomic E-state index is 8.66. The van der Waals surface area contributed by atoms with Gasteiger partial charge in [-0.2, -0.15) is 0 Å². The van der Waals surface area contributed by atoms with Crippen molar-refractivity contribution in [2.24, 2.45) is 0 Å². The third kappa shape index (κ3) is 2.37. The van der Waals surface area contributed by atoms with Crippen LogP contribution in [0.1, 0.15) is 17.4 Å². The Morgan fingerprint density at radius 3 is 2.58 bits per heavy atom. The molecule has 0 aliphatic heterocycles. The van der Waals surface area contributed by atoms with Crippen LogP contribution >= 0.6 is 23.2 Å². The average molecular weight is 205 g/mol. The van der Waals surface area contributed by atoms with Gasteiger partial charge in [-0.3, -0.25) is 0 Å². The number of rotatable bonds is 3. The van der Waals surface area contributed by atoms with Crippen molar-refractivity contribution in [1.82, 2.24) is 0 Å². The monoisotopic (exact) mass is 204 g/mol. The molecule has 0 aliphatic carbocycles. The van der Waals surface area contributed by atoms with Gasteiger partial charge in [0.05, 0.1) is 5.38 Å². The number of alkyl halides is 1. The van der Waals surface area contributed by atoms with Gasteiger partial charge in [-0.25, -0.2) is 0 Å². The van der Waals surface area contributed by atoms with Crippen molar-refractivity contribution in [3.8, 4) is 0 Å². The number of hydrogen-bond acceptors (Lipinski definition) is 1. The Labute approximate surface area is 81.9 Å². The van der Waals surface area contributed by atoms with Gasteiger partial charge in [0.15, 0.2) is 0 Å². The van der Waals surface area contributed by atoms with Crippen LogP contribution in [0.15, 0.2) is 24.3 Å². The molecule has 1 atom stereocenters. The van der Waals surface area contributed by atoms with E-state index < -0.39 is 0 Å². The minimum Gasteiger partial charge on any atom is -0.396 e. The van der Waals surface area contributed by atoms with Crippen LogP contribution in [0.2, 0.25) is 5.02 Å². The quantitative estimate of drug-likeness (QED) is 0.752. The summed E-state index contributed by atoms with van der Waals surface area (Å²) < 4.78 is 0. The first-order chi connectivity index (χ1) is 5.75. The van der Waals surface area contributed by atoms with E-state index in [4.69, 9.17) is 28.3 Å². The average Bonchev–Trinajstić information content (AvgIpc) is 2.05. The number of benzene rings is 1. The minimum absolute atomic E-state index is 0.0827. The number of aliphatic hydroxyl groups is 1.